The molecule has 0 unspecified atom stereocenters. The summed E-state index contributed by atoms with van der Waals surface area (Å²) in [6.45, 7) is 0. The Balaban J connectivity index is 2.28. The lowest BCUT2D eigenvalue weighted by molar-refractivity contribution is 0.0696. The topological polar surface area (TPSA) is 115 Å². The Hall–Kier alpha value is -1.80. The molecule has 0 spiro atoms. The first-order valence-electron chi connectivity index (χ1n) is 5.06. The molecule has 0 saturated carbocycles. The minimum atomic E-state index is -0.993. The van der Waals surface area contributed by atoms with Crippen LogP contribution in [0.2, 0.25) is 0 Å². The Bertz CT molecular complexity index is 630. The van der Waals surface area contributed by atoms with Gasteiger partial charge in [-0.2, -0.15) is 0 Å². The van der Waals surface area contributed by atoms with E-state index in [1.54, 1.807) is 12.1 Å². The summed E-state index contributed by atoms with van der Waals surface area (Å²) in [5, 5.41) is 9.33. The molecular formula is C11H9BrN4O2S. The number of nitrogen functional groups attached to an aromatic ring is 2. The van der Waals surface area contributed by atoms with Gasteiger partial charge in [0.15, 0.2) is 5.16 Å². The van der Waals surface area contributed by atoms with E-state index in [-0.39, 0.29) is 17.2 Å². The summed E-state index contributed by atoms with van der Waals surface area (Å²) in [5.41, 5.74) is 11.3. The normalized spacial score (nSPS) is 10.4. The van der Waals surface area contributed by atoms with Gasteiger partial charge in [0.1, 0.15) is 11.6 Å². The summed E-state index contributed by atoms with van der Waals surface area (Å²) in [6, 6.07) is 6.32. The fourth-order valence-corrected chi connectivity index (χ4v) is 2.87. The molecular weight excluding hydrogens is 332 g/mol. The molecule has 0 aliphatic carbocycles. The molecule has 8 heteroatoms. The maximum absolute atomic E-state index is 10.9. The predicted octanol–water partition coefficient (Wildman–Crippen LogP) is 2.25. The molecule has 1 aromatic heterocycles. The van der Waals surface area contributed by atoms with E-state index in [1.165, 1.54) is 23.9 Å². The van der Waals surface area contributed by atoms with E-state index in [4.69, 9.17) is 16.6 Å². The molecule has 0 fully saturated rings. The molecule has 0 bridgehead atoms. The SMILES string of the molecule is Nc1cc(N)nc(Sc2ccc(C(=O)O)c(Br)c2)n1. The monoisotopic (exact) mass is 340 g/mol. The van der Waals surface area contributed by atoms with Gasteiger partial charge in [0.05, 0.1) is 5.56 Å². The Morgan fingerprint density at radius 1 is 1.21 bits per heavy atom. The smallest absolute Gasteiger partial charge is 0.336 e. The molecule has 19 heavy (non-hydrogen) atoms. The molecule has 0 aliphatic rings. The van der Waals surface area contributed by atoms with Gasteiger partial charge in [0, 0.05) is 15.4 Å². The minimum Gasteiger partial charge on any atom is -0.478 e. The molecule has 0 amide bonds. The third kappa shape index (κ3) is 3.36. The van der Waals surface area contributed by atoms with Crippen molar-refractivity contribution in [2.75, 3.05) is 11.5 Å². The van der Waals surface area contributed by atoms with E-state index in [0.29, 0.717) is 9.63 Å². The number of halogens is 1. The molecule has 5 N–H and O–H groups in total. The molecule has 0 atom stereocenters. The van der Waals surface area contributed by atoms with E-state index < -0.39 is 5.97 Å². The van der Waals surface area contributed by atoms with Gasteiger partial charge >= 0.3 is 5.97 Å². The van der Waals surface area contributed by atoms with Crippen LogP contribution in [0.5, 0.6) is 0 Å². The van der Waals surface area contributed by atoms with Crippen molar-refractivity contribution < 1.29 is 9.90 Å². The van der Waals surface area contributed by atoms with Crippen LogP contribution in [0.1, 0.15) is 10.4 Å². The summed E-state index contributed by atoms with van der Waals surface area (Å²) in [6.07, 6.45) is 0. The van der Waals surface area contributed by atoms with Crippen molar-refractivity contribution in [1.29, 1.82) is 0 Å². The Labute approximate surface area is 121 Å². The van der Waals surface area contributed by atoms with E-state index >= 15 is 0 Å². The second-order valence-electron chi connectivity index (χ2n) is 3.55. The minimum absolute atomic E-state index is 0.192. The van der Waals surface area contributed by atoms with Crippen molar-refractivity contribution in [3.8, 4) is 0 Å². The molecule has 0 saturated heterocycles. The standard InChI is InChI=1S/C11H9BrN4O2S/c12-7-3-5(1-2-6(7)10(17)18)19-11-15-8(13)4-9(14)16-11/h1-4H,(H,17,18)(H4,13,14,15,16). The van der Waals surface area contributed by atoms with Crippen molar-refractivity contribution >= 4 is 45.3 Å². The zero-order valence-electron chi connectivity index (χ0n) is 9.50. The lowest BCUT2D eigenvalue weighted by atomic mass is 10.2. The van der Waals surface area contributed by atoms with Gasteiger partial charge in [-0.05, 0) is 45.9 Å². The number of carbonyl (C=O) groups is 1. The van der Waals surface area contributed by atoms with E-state index in [2.05, 4.69) is 25.9 Å². The quantitative estimate of drug-likeness (QED) is 0.733. The number of anilines is 2. The Morgan fingerprint density at radius 2 is 1.84 bits per heavy atom. The van der Waals surface area contributed by atoms with Gasteiger partial charge in [-0.3, -0.25) is 0 Å². The van der Waals surface area contributed by atoms with Gasteiger partial charge in [0.25, 0.3) is 0 Å². The summed E-state index contributed by atoms with van der Waals surface area (Å²) >= 11 is 4.45. The number of rotatable bonds is 3. The van der Waals surface area contributed by atoms with E-state index in [9.17, 15) is 4.79 Å². The first-order valence-corrected chi connectivity index (χ1v) is 6.67. The average molecular weight is 341 g/mol. The van der Waals surface area contributed by atoms with Crippen LogP contribution < -0.4 is 11.5 Å². The lowest BCUT2D eigenvalue weighted by Crippen LogP contribution is -1.99. The molecule has 2 aromatic rings. The van der Waals surface area contributed by atoms with Gasteiger partial charge < -0.3 is 16.6 Å². The number of hydrogen-bond donors (Lipinski definition) is 3. The molecule has 1 aromatic carbocycles. The number of carboxylic acids is 1. The van der Waals surface area contributed by atoms with Crippen LogP contribution in [0.15, 0.2) is 38.8 Å². The van der Waals surface area contributed by atoms with E-state index in [1.807, 2.05) is 0 Å². The number of hydrogen-bond acceptors (Lipinski definition) is 6. The molecule has 0 radical (unpaired) electrons. The summed E-state index contributed by atoms with van der Waals surface area (Å²) < 4.78 is 0.488. The number of aromatic nitrogens is 2. The second-order valence-corrected chi connectivity index (χ2v) is 5.44. The highest BCUT2D eigenvalue weighted by Gasteiger charge is 2.10. The van der Waals surface area contributed by atoms with Crippen LogP contribution in [0, 0.1) is 0 Å². The van der Waals surface area contributed by atoms with Crippen molar-refractivity contribution in [1.82, 2.24) is 9.97 Å². The average Bonchev–Trinajstić information content (AvgIpc) is 2.26. The van der Waals surface area contributed by atoms with Crippen molar-refractivity contribution in [3.63, 3.8) is 0 Å². The summed E-state index contributed by atoms with van der Waals surface area (Å²) in [7, 11) is 0. The van der Waals surface area contributed by atoms with Crippen molar-refractivity contribution in [2.24, 2.45) is 0 Å². The van der Waals surface area contributed by atoms with Crippen LogP contribution in [-0.2, 0) is 0 Å². The number of benzene rings is 1. The molecule has 6 nitrogen and oxygen atoms in total. The van der Waals surface area contributed by atoms with Crippen LogP contribution >= 0.6 is 27.7 Å². The van der Waals surface area contributed by atoms with Gasteiger partial charge in [-0.25, -0.2) is 14.8 Å². The summed E-state index contributed by atoms with van der Waals surface area (Å²) in [5.74, 6) is -0.416. The first-order chi connectivity index (χ1) is 8.95. The lowest BCUT2D eigenvalue weighted by Gasteiger charge is -2.04. The molecule has 0 aliphatic heterocycles. The first kappa shape index (κ1) is 13.6. The highest BCUT2D eigenvalue weighted by atomic mass is 79.9. The maximum atomic E-state index is 10.9. The van der Waals surface area contributed by atoms with Crippen LogP contribution in [0.25, 0.3) is 0 Å². The highest BCUT2D eigenvalue weighted by molar-refractivity contribution is 9.10. The van der Waals surface area contributed by atoms with E-state index in [0.717, 1.165) is 4.90 Å². The second kappa shape index (κ2) is 5.45. The van der Waals surface area contributed by atoms with Crippen LogP contribution in [-0.4, -0.2) is 21.0 Å². The van der Waals surface area contributed by atoms with Crippen LogP contribution in [0.3, 0.4) is 0 Å². The van der Waals surface area contributed by atoms with Gasteiger partial charge in [-0.1, -0.05) is 0 Å². The fourth-order valence-electron chi connectivity index (χ4n) is 1.35. The Kier molecular flexibility index (Phi) is 3.91. The third-order valence-electron chi connectivity index (χ3n) is 2.13. The molecule has 2 rings (SSSR count). The zero-order chi connectivity index (χ0) is 14.0. The number of aromatic carboxylic acids is 1. The maximum Gasteiger partial charge on any atom is 0.336 e. The Morgan fingerprint density at radius 3 is 2.37 bits per heavy atom. The largest absolute Gasteiger partial charge is 0.478 e. The van der Waals surface area contributed by atoms with Gasteiger partial charge in [-0.15, -0.1) is 0 Å². The van der Waals surface area contributed by atoms with Gasteiger partial charge in [0.2, 0.25) is 0 Å². The highest BCUT2D eigenvalue weighted by Crippen LogP contribution is 2.29. The van der Waals surface area contributed by atoms with Crippen LogP contribution in [0.4, 0.5) is 11.6 Å². The molecule has 98 valence electrons. The summed E-state index contributed by atoms with van der Waals surface area (Å²) in [4.78, 5) is 19.7. The van der Waals surface area contributed by atoms with Crippen molar-refractivity contribution in [3.05, 3.63) is 34.3 Å². The third-order valence-corrected chi connectivity index (χ3v) is 3.64. The fraction of sp³-hybridized carbons (Fsp3) is 0. The zero-order valence-corrected chi connectivity index (χ0v) is 11.9. The number of carboxylic acid groups (broad SMARTS) is 1. The van der Waals surface area contributed by atoms with Crippen molar-refractivity contribution in [2.45, 2.75) is 10.1 Å². The number of nitrogens with zero attached hydrogens (tertiary/aromatic N) is 2. The predicted molar refractivity (Wildman–Crippen MR) is 76.1 cm³/mol. The number of nitrogens with two attached hydrogens (primary N) is 2. The molecule has 1 heterocycles.